The smallest absolute Gasteiger partial charge is 0.331 e. The number of hydrogen-bond donors (Lipinski definition) is 0. The van der Waals surface area contributed by atoms with E-state index in [2.05, 4.69) is 52.0 Å². The summed E-state index contributed by atoms with van der Waals surface area (Å²) in [4.78, 5) is 34.0. The van der Waals surface area contributed by atoms with Gasteiger partial charge in [0.2, 0.25) is 5.92 Å². The summed E-state index contributed by atoms with van der Waals surface area (Å²) in [6.07, 6.45) is 11.4. The number of aliphatic imine (C=N–C) groups is 1. The first-order valence-electron chi connectivity index (χ1n) is 17.1. The Hall–Kier alpha value is -3.55. The first kappa shape index (κ1) is 36.9. The van der Waals surface area contributed by atoms with Gasteiger partial charge in [-0.15, -0.1) is 0 Å². The number of nitrogens with zero attached hydrogens (tertiary/aromatic N) is 2. The maximum Gasteiger partial charge on any atom is 0.331 e. The lowest BCUT2D eigenvalue weighted by Crippen LogP contribution is -2.52. The summed E-state index contributed by atoms with van der Waals surface area (Å²) in [6.45, 7) is 13.2. The van der Waals surface area contributed by atoms with Gasteiger partial charge in [-0.3, -0.25) is 9.59 Å². The molecule has 2 aromatic rings. The zero-order valence-electron chi connectivity index (χ0n) is 29.4. The number of amidine groups is 1. The van der Waals surface area contributed by atoms with Crippen molar-refractivity contribution >= 4 is 23.5 Å². The monoisotopic (exact) mass is 636 g/mol. The molecule has 0 amide bonds. The van der Waals surface area contributed by atoms with Gasteiger partial charge in [0.1, 0.15) is 23.0 Å². The fourth-order valence-electron chi connectivity index (χ4n) is 5.85. The Labute approximate surface area is 276 Å². The maximum absolute atomic E-state index is 13.5. The standard InChI is InChI=1S/C38H56N2O6/c1-9-12-13-14-15-16-17-18-25-40(27-28-19-21-29(22-20-28)38(6,10-2)11-3)34(33-35(41)45-37(4,5)46-36(33)42)39-31-24-23-30(43-7)26-32(31)44-8/h19-24,26,33H,9-18,25,27H2,1-8H3. The van der Waals surface area contributed by atoms with Crippen molar-refractivity contribution in [2.75, 3.05) is 20.8 Å². The third kappa shape index (κ3) is 9.97. The van der Waals surface area contributed by atoms with E-state index in [-0.39, 0.29) is 11.3 Å². The SMILES string of the molecule is CCCCCCCCCCN(Cc1ccc(C(C)(CC)CC)cc1)C(=Nc1ccc(OC)cc1OC)C1C(=O)OC(C)(C)OC1=O. The molecular formula is C38H56N2O6. The lowest BCUT2D eigenvalue weighted by Gasteiger charge is -2.36. The third-order valence-corrected chi connectivity index (χ3v) is 9.23. The van der Waals surface area contributed by atoms with Crippen LogP contribution in [0.15, 0.2) is 47.5 Å². The van der Waals surface area contributed by atoms with E-state index in [4.69, 9.17) is 23.9 Å². The minimum Gasteiger partial charge on any atom is -0.497 e. The summed E-state index contributed by atoms with van der Waals surface area (Å²) < 4.78 is 22.2. The lowest BCUT2D eigenvalue weighted by atomic mass is 9.78. The largest absolute Gasteiger partial charge is 0.497 e. The Bertz CT molecular complexity index is 1280. The van der Waals surface area contributed by atoms with Gasteiger partial charge >= 0.3 is 11.9 Å². The van der Waals surface area contributed by atoms with Gasteiger partial charge in [-0.1, -0.05) is 96.9 Å². The summed E-state index contributed by atoms with van der Waals surface area (Å²) in [5.41, 5.74) is 2.94. The van der Waals surface area contributed by atoms with Crippen LogP contribution in [0.5, 0.6) is 11.5 Å². The Morgan fingerprint density at radius 1 is 0.848 bits per heavy atom. The van der Waals surface area contributed by atoms with Crippen molar-refractivity contribution in [3.8, 4) is 11.5 Å². The van der Waals surface area contributed by atoms with Gasteiger partial charge in [-0.2, -0.15) is 0 Å². The van der Waals surface area contributed by atoms with E-state index in [1.54, 1.807) is 46.3 Å². The molecule has 0 spiro atoms. The normalized spacial score (nSPS) is 15.3. The van der Waals surface area contributed by atoms with Gasteiger partial charge in [0, 0.05) is 33.0 Å². The van der Waals surface area contributed by atoms with Crippen LogP contribution in [0.3, 0.4) is 0 Å². The van der Waals surface area contributed by atoms with Crippen molar-refractivity contribution in [1.82, 2.24) is 4.90 Å². The number of benzene rings is 2. The maximum atomic E-state index is 13.5. The molecular weight excluding hydrogens is 580 g/mol. The zero-order chi connectivity index (χ0) is 33.7. The number of esters is 2. The number of cyclic esters (lactones) is 2. The fourth-order valence-corrected chi connectivity index (χ4v) is 5.85. The van der Waals surface area contributed by atoms with Crippen LogP contribution < -0.4 is 9.47 Å². The van der Waals surface area contributed by atoms with Gasteiger partial charge < -0.3 is 23.8 Å². The topological polar surface area (TPSA) is 86.7 Å². The number of methoxy groups -OCH3 is 2. The molecule has 0 atom stereocenters. The van der Waals surface area contributed by atoms with E-state index in [1.165, 1.54) is 37.7 Å². The van der Waals surface area contributed by atoms with E-state index in [9.17, 15) is 9.59 Å². The van der Waals surface area contributed by atoms with Gasteiger partial charge in [-0.05, 0) is 47.9 Å². The number of carbonyl (C=O) groups excluding carboxylic acids is 2. The van der Waals surface area contributed by atoms with Crippen LogP contribution in [0.1, 0.15) is 117 Å². The first-order valence-corrected chi connectivity index (χ1v) is 17.1. The van der Waals surface area contributed by atoms with Gasteiger partial charge in [0.05, 0.1) is 14.2 Å². The van der Waals surface area contributed by atoms with Gasteiger partial charge in [-0.25, -0.2) is 4.99 Å². The molecule has 8 nitrogen and oxygen atoms in total. The van der Waals surface area contributed by atoms with Crippen LogP contribution in [0, 0.1) is 5.92 Å². The van der Waals surface area contributed by atoms with Crippen molar-refractivity contribution < 1.29 is 28.5 Å². The quantitative estimate of drug-likeness (QED) is 0.0531. The second-order valence-corrected chi connectivity index (χ2v) is 13.0. The second-order valence-electron chi connectivity index (χ2n) is 13.0. The minimum atomic E-state index is -1.35. The number of hydrogen-bond acceptors (Lipinski definition) is 7. The summed E-state index contributed by atoms with van der Waals surface area (Å²) in [5.74, 6) is -2.68. The summed E-state index contributed by atoms with van der Waals surface area (Å²) >= 11 is 0. The number of rotatable bonds is 18. The van der Waals surface area contributed by atoms with Crippen molar-refractivity contribution in [3.63, 3.8) is 0 Å². The fraction of sp³-hybridized carbons (Fsp3) is 0.605. The molecule has 2 aromatic carbocycles. The molecule has 0 bridgehead atoms. The van der Waals surface area contributed by atoms with E-state index >= 15 is 0 Å². The first-order chi connectivity index (χ1) is 22.0. The van der Waals surface area contributed by atoms with E-state index in [0.29, 0.717) is 30.3 Å². The van der Waals surface area contributed by atoms with Crippen LogP contribution in [0.4, 0.5) is 5.69 Å². The molecule has 254 valence electrons. The average Bonchev–Trinajstić information content (AvgIpc) is 3.04. The molecule has 1 heterocycles. The van der Waals surface area contributed by atoms with Crippen LogP contribution in [0.25, 0.3) is 0 Å². The van der Waals surface area contributed by atoms with Crippen LogP contribution in [-0.2, 0) is 31.0 Å². The molecule has 3 rings (SSSR count). The molecule has 1 aliphatic heterocycles. The van der Waals surface area contributed by atoms with E-state index < -0.39 is 23.6 Å². The Kier molecular flexibility index (Phi) is 14.0. The number of unbranched alkanes of at least 4 members (excludes halogenated alkanes) is 7. The Balaban J connectivity index is 2.03. The summed E-state index contributed by atoms with van der Waals surface area (Å²) in [7, 11) is 3.14. The molecule has 0 radical (unpaired) electrons. The molecule has 1 fully saturated rings. The molecule has 8 heteroatoms. The summed E-state index contributed by atoms with van der Waals surface area (Å²) in [5, 5.41) is 0. The molecule has 0 N–H and O–H groups in total. The third-order valence-electron chi connectivity index (χ3n) is 9.23. The van der Waals surface area contributed by atoms with Crippen molar-refractivity contribution in [1.29, 1.82) is 0 Å². The zero-order valence-corrected chi connectivity index (χ0v) is 29.4. The van der Waals surface area contributed by atoms with Crippen LogP contribution in [0.2, 0.25) is 0 Å². The van der Waals surface area contributed by atoms with Crippen LogP contribution in [-0.4, -0.2) is 49.2 Å². The molecule has 1 aliphatic rings. The van der Waals surface area contributed by atoms with Gasteiger partial charge in [0.25, 0.3) is 5.79 Å². The summed E-state index contributed by atoms with van der Waals surface area (Å²) in [6, 6.07) is 14.0. The van der Waals surface area contributed by atoms with Crippen molar-refractivity contribution in [2.24, 2.45) is 10.9 Å². The highest BCUT2D eigenvalue weighted by molar-refractivity contribution is 6.17. The number of carbonyl (C=O) groups is 2. The van der Waals surface area contributed by atoms with Gasteiger partial charge in [0.15, 0.2) is 0 Å². The Morgan fingerprint density at radius 3 is 1.98 bits per heavy atom. The highest BCUT2D eigenvalue weighted by Crippen LogP contribution is 2.35. The highest BCUT2D eigenvalue weighted by atomic mass is 16.7. The Morgan fingerprint density at radius 2 is 1.43 bits per heavy atom. The molecule has 0 aromatic heterocycles. The minimum absolute atomic E-state index is 0.106. The average molecular weight is 637 g/mol. The molecule has 1 saturated heterocycles. The highest BCUT2D eigenvalue weighted by Gasteiger charge is 2.47. The molecule has 0 aliphatic carbocycles. The predicted octanol–water partition coefficient (Wildman–Crippen LogP) is 8.91. The molecule has 0 saturated carbocycles. The molecule has 0 unspecified atom stereocenters. The van der Waals surface area contributed by atoms with Crippen LogP contribution >= 0.6 is 0 Å². The number of ether oxygens (including phenoxy) is 4. The van der Waals surface area contributed by atoms with E-state index in [1.807, 2.05) is 4.90 Å². The predicted molar refractivity (Wildman–Crippen MR) is 184 cm³/mol. The van der Waals surface area contributed by atoms with Crippen molar-refractivity contribution in [2.45, 2.75) is 123 Å². The van der Waals surface area contributed by atoms with E-state index in [0.717, 1.165) is 37.7 Å². The second kappa shape index (κ2) is 17.4. The molecule has 46 heavy (non-hydrogen) atoms. The van der Waals surface area contributed by atoms with Crippen molar-refractivity contribution in [3.05, 3.63) is 53.6 Å². The lowest BCUT2D eigenvalue weighted by molar-refractivity contribution is -0.236.